The summed E-state index contributed by atoms with van der Waals surface area (Å²) in [4.78, 5) is 20.3. The summed E-state index contributed by atoms with van der Waals surface area (Å²) in [5.41, 5.74) is 1.25. The topological polar surface area (TPSA) is 90.8 Å². The van der Waals surface area contributed by atoms with Gasteiger partial charge in [0.05, 0.1) is 12.8 Å². The number of esters is 1. The number of rotatable bonds is 3. The monoisotopic (exact) mass is 358 g/mol. The van der Waals surface area contributed by atoms with Crippen LogP contribution in [0.25, 0.3) is 20.8 Å². The molecule has 1 aliphatic heterocycles. The predicted octanol–water partition coefficient (Wildman–Crippen LogP) is 3.01. The molecule has 3 aromatic rings. The van der Waals surface area contributed by atoms with Gasteiger partial charge in [0, 0.05) is 5.56 Å². The normalized spacial score (nSPS) is 13.0. The van der Waals surface area contributed by atoms with Crippen LogP contribution in [0.3, 0.4) is 0 Å². The molecule has 0 saturated carbocycles. The van der Waals surface area contributed by atoms with Crippen LogP contribution in [0.1, 0.15) is 17.4 Å². The van der Waals surface area contributed by atoms with Crippen LogP contribution in [0.4, 0.5) is 0 Å². The van der Waals surface area contributed by atoms with Crippen LogP contribution >= 0.6 is 11.3 Å². The van der Waals surface area contributed by atoms with Gasteiger partial charge in [-0.05, 0) is 25.1 Å². The zero-order valence-corrected chi connectivity index (χ0v) is 14.1. The molecule has 128 valence electrons. The van der Waals surface area contributed by atoms with E-state index in [0.717, 1.165) is 5.56 Å². The Kier molecular flexibility index (Phi) is 3.89. The van der Waals surface area contributed by atoms with Crippen molar-refractivity contribution in [3.8, 4) is 27.8 Å². The van der Waals surface area contributed by atoms with Crippen molar-refractivity contribution in [1.82, 2.24) is 9.97 Å². The number of carbonyl (C=O) groups is 1. The molecule has 0 amide bonds. The van der Waals surface area contributed by atoms with Crippen molar-refractivity contribution in [3.05, 3.63) is 30.1 Å². The molecule has 0 saturated heterocycles. The van der Waals surface area contributed by atoms with Crippen molar-refractivity contribution in [3.63, 3.8) is 0 Å². The molecular weight excluding hydrogens is 344 g/mol. The third-order valence-electron chi connectivity index (χ3n) is 3.67. The minimum atomic E-state index is -0.656. The Morgan fingerprint density at radius 3 is 2.92 bits per heavy atom. The van der Waals surface area contributed by atoms with Gasteiger partial charge in [0.25, 0.3) is 0 Å². The van der Waals surface area contributed by atoms with E-state index >= 15 is 0 Å². The molecule has 1 aliphatic rings. The lowest BCUT2D eigenvalue weighted by Crippen LogP contribution is -2.15. The third kappa shape index (κ3) is 2.74. The molecule has 0 atom stereocenters. The average Bonchev–Trinajstić information content (AvgIpc) is 3.07. The van der Waals surface area contributed by atoms with E-state index in [2.05, 4.69) is 9.97 Å². The second-order valence-electron chi connectivity index (χ2n) is 5.27. The lowest BCUT2D eigenvalue weighted by molar-refractivity contribution is 0.0516. The fourth-order valence-corrected chi connectivity index (χ4v) is 3.51. The summed E-state index contributed by atoms with van der Waals surface area (Å²) < 4.78 is 16.5. The number of hydrogen-bond donors (Lipinski definition) is 1. The van der Waals surface area contributed by atoms with Gasteiger partial charge in [-0.1, -0.05) is 0 Å². The van der Waals surface area contributed by atoms with E-state index < -0.39 is 5.97 Å². The number of aromatic hydroxyl groups is 1. The maximum absolute atomic E-state index is 11.9. The molecule has 7 nitrogen and oxygen atoms in total. The number of nitrogens with zero attached hydrogens (tertiary/aromatic N) is 2. The van der Waals surface area contributed by atoms with Crippen LogP contribution in [0.15, 0.2) is 24.4 Å². The largest absolute Gasteiger partial charge is 0.504 e. The smallest absolute Gasteiger partial charge is 0.360 e. The number of ether oxygens (including phenoxy) is 3. The van der Waals surface area contributed by atoms with Crippen molar-refractivity contribution in [2.75, 3.05) is 19.8 Å². The Hall–Kier alpha value is -2.87. The molecule has 8 heteroatoms. The van der Waals surface area contributed by atoms with Crippen molar-refractivity contribution in [1.29, 1.82) is 0 Å². The Labute approximate surface area is 146 Å². The second kappa shape index (κ2) is 6.21. The second-order valence-corrected chi connectivity index (χ2v) is 6.27. The number of thiazole rings is 1. The van der Waals surface area contributed by atoms with Crippen LogP contribution in [-0.4, -0.2) is 40.9 Å². The van der Waals surface area contributed by atoms with Gasteiger partial charge in [0.1, 0.15) is 28.4 Å². The van der Waals surface area contributed by atoms with Crippen LogP contribution < -0.4 is 9.47 Å². The minimum absolute atomic E-state index is 0.105. The highest BCUT2D eigenvalue weighted by atomic mass is 32.1. The van der Waals surface area contributed by atoms with Gasteiger partial charge in [0.15, 0.2) is 22.9 Å². The van der Waals surface area contributed by atoms with E-state index in [0.29, 0.717) is 39.9 Å². The van der Waals surface area contributed by atoms with E-state index in [-0.39, 0.29) is 18.1 Å². The summed E-state index contributed by atoms with van der Waals surface area (Å²) in [5.74, 6) is 0.496. The molecule has 1 N–H and O–H groups in total. The van der Waals surface area contributed by atoms with Crippen LogP contribution in [0, 0.1) is 0 Å². The van der Waals surface area contributed by atoms with Crippen LogP contribution in [0.5, 0.6) is 17.2 Å². The zero-order chi connectivity index (χ0) is 17.4. The molecule has 25 heavy (non-hydrogen) atoms. The molecule has 2 aromatic heterocycles. The first-order valence-corrected chi connectivity index (χ1v) is 8.54. The number of fused-ring (bicyclic) bond motifs is 2. The molecule has 1 aromatic carbocycles. The number of carbonyl (C=O) groups excluding carboxylic acids is 1. The fourth-order valence-electron chi connectivity index (χ4n) is 2.53. The molecule has 0 fully saturated rings. The van der Waals surface area contributed by atoms with E-state index in [4.69, 9.17) is 14.2 Å². The van der Waals surface area contributed by atoms with E-state index in [1.165, 1.54) is 17.5 Å². The highest BCUT2D eigenvalue weighted by Gasteiger charge is 2.20. The molecule has 4 rings (SSSR count). The first-order chi connectivity index (χ1) is 12.2. The highest BCUT2D eigenvalue weighted by Crippen LogP contribution is 2.40. The first-order valence-electron chi connectivity index (χ1n) is 7.73. The van der Waals surface area contributed by atoms with Crippen molar-refractivity contribution in [2.24, 2.45) is 0 Å². The van der Waals surface area contributed by atoms with Gasteiger partial charge in [0.2, 0.25) is 0 Å². The molecular formula is C17H14N2O5S. The van der Waals surface area contributed by atoms with Gasteiger partial charge in [-0.25, -0.2) is 14.8 Å². The summed E-state index contributed by atoms with van der Waals surface area (Å²) in [6.45, 7) is 2.94. The Morgan fingerprint density at radius 2 is 2.12 bits per heavy atom. The predicted molar refractivity (Wildman–Crippen MR) is 91.5 cm³/mol. The summed E-state index contributed by atoms with van der Waals surface area (Å²) in [7, 11) is 0. The Morgan fingerprint density at radius 1 is 1.32 bits per heavy atom. The SMILES string of the molecule is CCOC(=O)c1ncc2nc(-c3ccc4c(c3)OCCO4)sc2c1O. The van der Waals surface area contributed by atoms with E-state index in [1.807, 2.05) is 18.2 Å². The third-order valence-corrected chi connectivity index (χ3v) is 4.79. The Bertz CT molecular complexity index is 969. The summed E-state index contributed by atoms with van der Waals surface area (Å²) >= 11 is 1.27. The van der Waals surface area contributed by atoms with E-state index in [1.54, 1.807) is 6.92 Å². The van der Waals surface area contributed by atoms with Gasteiger partial charge < -0.3 is 19.3 Å². The van der Waals surface area contributed by atoms with E-state index in [9.17, 15) is 9.90 Å². The molecule has 0 radical (unpaired) electrons. The molecule has 3 heterocycles. The van der Waals surface area contributed by atoms with Gasteiger partial charge >= 0.3 is 5.97 Å². The standard InChI is InChI=1S/C17H14N2O5S/c1-2-22-17(21)13-14(20)15-10(8-18-13)19-16(25-15)9-3-4-11-12(7-9)24-6-5-23-11/h3-4,7-8,20H,2,5-6H2,1H3. The van der Waals surface area contributed by atoms with Crippen molar-refractivity contribution < 1.29 is 24.1 Å². The summed E-state index contributed by atoms with van der Waals surface area (Å²) in [5, 5.41) is 11.0. The zero-order valence-electron chi connectivity index (χ0n) is 13.3. The number of benzene rings is 1. The van der Waals surface area contributed by atoms with Gasteiger partial charge in [-0.3, -0.25) is 0 Å². The number of hydrogen-bond acceptors (Lipinski definition) is 8. The summed E-state index contributed by atoms with van der Waals surface area (Å²) in [6.07, 6.45) is 1.46. The van der Waals surface area contributed by atoms with Gasteiger partial charge in [-0.2, -0.15) is 0 Å². The van der Waals surface area contributed by atoms with Crippen LogP contribution in [0.2, 0.25) is 0 Å². The number of aromatic nitrogens is 2. The molecule has 0 spiro atoms. The average molecular weight is 358 g/mol. The fraction of sp³-hybridized carbons (Fsp3) is 0.235. The maximum atomic E-state index is 11.9. The molecule has 0 bridgehead atoms. The number of pyridine rings is 1. The first kappa shape index (κ1) is 15.6. The lowest BCUT2D eigenvalue weighted by atomic mass is 10.2. The highest BCUT2D eigenvalue weighted by molar-refractivity contribution is 7.22. The minimum Gasteiger partial charge on any atom is -0.504 e. The molecule has 0 aliphatic carbocycles. The van der Waals surface area contributed by atoms with Gasteiger partial charge in [-0.15, -0.1) is 11.3 Å². The molecule has 0 unspecified atom stereocenters. The lowest BCUT2D eigenvalue weighted by Gasteiger charge is -2.18. The van der Waals surface area contributed by atoms with Crippen molar-refractivity contribution in [2.45, 2.75) is 6.92 Å². The maximum Gasteiger partial charge on any atom is 0.360 e. The quantitative estimate of drug-likeness (QED) is 0.720. The Balaban J connectivity index is 1.76. The van der Waals surface area contributed by atoms with Crippen molar-refractivity contribution >= 4 is 27.5 Å². The van der Waals surface area contributed by atoms with Crippen LogP contribution in [-0.2, 0) is 4.74 Å². The summed E-state index contributed by atoms with van der Waals surface area (Å²) in [6, 6.07) is 5.56.